The number of benzene rings is 2. The fraction of sp³-hybridized carbons (Fsp3) is 0.350. The van der Waals surface area contributed by atoms with E-state index in [9.17, 15) is 4.79 Å². The normalized spacial score (nSPS) is 19.8. The van der Waals surface area contributed by atoms with Crippen LogP contribution in [0.1, 0.15) is 24.0 Å². The molecule has 0 N–H and O–H groups in total. The SMILES string of the molecule is O=C1O[C@H](CI)C[C@H](CCc2ccc(OCc3ccccc3)cc2)O1. The van der Waals surface area contributed by atoms with Crippen molar-refractivity contribution in [2.75, 3.05) is 4.43 Å². The van der Waals surface area contributed by atoms with Gasteiger partial charge in [0.1, 0.15) is 24.6 Å². The van der Waals surface area contributed by atoms with E-state index in [-0.39, 0.29) is 12.2 Å². The quantitative estimate of drug-likeness (QED) is 0.340. The van der Waals surface area contributed by atoms with Gasteiger partial charge in [-0.1, -0.05) is 65.1 Å². The largest absolute Gasteiger partial charge is 0.508 e. The van der Waals surface area contributed by atoms with Crippen molar-refractivity contribution >= 4 is 28.7 Å². The van der Waals surface area contributed by atoms with Crippen LogP contribution in [-0.2, 0) is 22.5 Å². The highest BCUT2D eigenvalue weighted by atomic mass is 127. The highest BCUT2D eigenvalue weighted by Crippen LogP contribution is 2.22. The molecule has 1 saturated heterocycles. The first-order valence-electron chi connectivity index (χ1n) is 8.42. The molecule has 2 aromatic carbocycles. The Balaban J connectivity index is 1.46. The standard InChI is InChI=1S/C20H21IO4/c21-13-19-12-18(24-20(22)25-19)11-8-15-6-9-17(10-7-15)23-14-16-4-2-1-3-5-16/h1-7,9-10,18-19H,8,11-14H2/t18-,19-/m0/s1. The zero-order chi connectivity index (χ0) is 17.5. The zero-order valence-electron chi connectivity index (χ0n) is 13.9. The summed E-state index contributed by atoms with van der Waals surface area (Å²) in [5.41, 5.74) is 2.36. The van der Waals surface area contributed by atoms with E-state index in [0.717, 1.165) is 35.0 Å². The number of hydrogen-bond donors (Lipinski definition) is 0. The van der Waals surface area contributed by atoms with Crippen molar-refractivity contribution in [3.8, 4) is 5.75 Å². The average molecular weight is 452 g/mol. The molecular formula is C20H21IO4. The molecule has 1 heterocycles. The predicted molar refractivity (Wildman–Crippen MR) is 104 cm³/mol. The molecule has 0 radical (unpaired) electrons. The van der Waals surface area contributed by atoms with Crippen LogP contribution in [0, 0.1) is 0 Å². The van der Waals surface area contributed by atoms with Crippen LogP contribution in [-0.4, -0.2) is 22.8 Å². The molecule has 0 bridgehead atoms. The van der Waals surface area contributed by atoms with Crippen molar-refractivity contribution < 1.29 is 19.0 Å². The highest BCUT2D eigenvalue weighted by molar-refractivity contribution is 14.1. The molecule has 1 fully saturated rings. The van der Waals surface area contributed by atoms with Crippen LogP contribution >= 0.6 is 22.6 Å². The summed E-state index contributed by atoms with van der Waals surface area (Å²) < 4.78 is 17.0. The van der Waals surface area contributed by atoms with E-state index < -0.39 is 6.16 Å². The number of aryl methyl sites for hydroxylation is 1. The van der Waals surface area contributed by atoms with Crippen LogP contribution < -0.4 is 4.74 Å². The van der Waals surface area contributed by atoms with Gasteiger partial charge < -0.3 is 14.2 Å². The smallest absolute Gasteiger partial charge is 0.489 e. The Morgan fingerprint density at radius 2 is 1.68 bits per heavy atom. The van der Waals surface area contributed by atoms with Gasteiger partial charge in [-0.25, -0.2) is 4.79 Å². The maximum absolute atomic E-state index is 11.4. The third kappa shape index (κ3) is 5.63. The molecule has 0 amide bonds. The number of rotatable bonds is 7. The van der Waals surface area contributed by atoms with Gasteiger partial charge in [0.25, 0.3) is 0 Å². The number of carbonyl (C=O) groups excluding carboxylic acids is 1. The number of carbonyl (C=O) groups is 1. The second-order valence-electron chi connectivity index (χ2n) is 6.08. The predicted octanol–water partition coefficient (Wildman–Crippen LogP) is 4.93. The Morgan fingerprint density at radius 1 is 0.960 bits per heavy atom. The fourth-order valence-electron chi connectivity index (χ4n) is 2.78. The lowest BCUT2D eigenvalue weighted by Crippen LogP contribution is -2.35. The molecule has 2 atom stereocenters. The summed E-state index contributed by atoms with van der Waals surface area (Å²) in [4.78, 5) is 11.4. The van der Waals surface area contributed by atoms with Gasteiger partial charge in [-0.3, -0.25) is 0 Å². The summed E-state index contributed by atoms with van der Waals surface area (Å²) in [7, 11) is 0. The molecule has 0 spiro atoms. The van der Waals surface area contributed by atoms with Crippen molar-refractivity contribution in [1.82, 2.24) is 0 Å². The fourth-order valence-corrected chi connectivity index (χ4v) is 3.32. The number of alkyl halides is 1. The molecule has 132 valence electrons. The van der Waals surface area contributed by atoms with E-state index >= 15 is 0 Å². The summed E-state index contributed by atoms with van der Waals surface area (Å²) in [6, 6.07) is 18.2. The maximum atomic E-state index is 11.4. The van der Waals surface area contributed by atoms with Gasteiger partial charge in [0.05, 0.1) is 0 Å². The van der Waals surface area contributed by atoms with Gasteiger partial charge in [-0.15, -0.1) is 0 Å². The highest BCUT2D eigenvalue weighted by Gasteiger charge is 2.28. The summed E-state index contributed by atoms with van der Waals surface area (Å²) in [6.07, 6.45) is 1.82. The van der Waals surface area contributed by atoms with Gasteiger partial charge in [0.2, 0.25) is 0 Å². The Bertz CT molecular complexity index is 672. The van der Waals surface area contributed by atoms with Crippen molar-refractivity contribution in [2.24, 2.45) is 0 Å². The third-order valence-electron chi connectivity index (χ3n) is 4.15. The lowest BCUT2D eigenvalue weighted by atomic mass is 10.0. The minimum atomic E-state index is -0.539. The molecular weight excluding hydrogens is 431 g/mol. The van der Waals surface area contributed by atoms with E-state index in [1.165, 1.54) is 5.56 Å². The van der Waals surface area contributed by atoms with Crippen molar-refractivity contribution in [2.45, 2.75) is 38.1 Å². The van der Waals surface area contributed by atoms with Crippen molar-refractivity contribution in [1.29, 1.82) is 0 Å². The topological polar surface area (TPSA) is 44.8 Å². The van der Waals surface area contributed by atoms with E-state index in [1.807, 2.05) is 42.5 Å². The number of cyclic esters (lactones) is 2. The first-order chi connectivity index (χ1) is 12.2. The lowest BCUT2D eigenvalue weighted by molar-refractivity contribution is -0.0534. The van der Waals surface area contributed by atoms with Gasteiger partial charge >= 0.3 is 6.16 Å². The van der Waals surface area contributed by atoms with Crippen molar-refractivity contribution in [3.05, 3.63) is 65.7 Å². The van der Waals surface area contributed by atoms with Crippen LogP contribution in [0.4, 0.5) is 4.79 Å². The summed E-state index contributed by atoms with van der Waals surface area (Å²) in [6.45, 7) is 0.565. The Kier molecular flexibility index (Phi) is 6.55. The minimum absolute atomic E-state index is 0.0272. The van der Waals surface area contributed by atoms with E-state index in [4.69, 9.17) is 14.2 Å². The molecule has 0 unspecified atom stereocenters. The second kappa shape index (κ2) is 9.08. The number of hydrogen-bond acceptors (Lipinski definition) is 4. The number of ether oxygens (including phenoxy) is 3. The molecule has 0 saturated carbocycles. The molecule has 0 aliphatic carbocycles. The molecule has 25 heavy (non-hydrogen) atoms. The molecule has 1 aliphatic rings. The average Bonchev–Trinajstić information content (AvgIpc) is 2.66. The Labute approximate surface area is 161 Å². The van der Waals surface area contributed by atoms with Crippen LogP contribution in [0.15, 0.2) is 54.6 Å². The third-order valence-corrected chi connectivity index (χ3v) is 5.13. The molecule has 0 aromatic heterocycles. The number of halogens is 1. The second-order valence-corrected chi connectivity index (χ2v) is 6.96. The maximum Gasteiger partial charge on any atom is 0.508 e. The van der Waals surface area contributed by atoms with Crippen LogP contribution in [0.2, 0.25) is 0 Å². The molecule has 2 aromatic rings. The van der Waals surface area contributed by atoms with Gasteiger partial charge in [-0.05, 0) is 36.1 Å². The van der Waals surface area contributed by atoms with E-state index in [2.05, 4.69) is 34.7 Å². The van der Waals surface area contributed by atoms with Crippen LogP contribution in [0.25, 0.3) is 0 Å². The summed E-state index contributed by atoms with van der Waals surface area (Å²) >= 11 is 2.24. The monoisotopic (exact) mass is 452 g/mol. The lowest BCUT2D eigenvalue weighted by Gasteiger charge is -2.28. The molecule has 5 heteroatoms. The van der Waals surface area contributed by atoms with Gasteiger partial charge in [0, 0.05) is 10.8 Å². The van der Waals surface area contributed by atoms with Gasteiger partial charge in [-0.2, -0.15) is 0 Å². The van der Waals surface area contributed by atoms with E-state index in [0.29, 0.717) is 6.61 Å². The Morgan fingerprint density at radius 3 is 2.40 bits per heavy atom. The summed E-state index contributed by atoms with van der Waals surface area (Å²) in [5, 5.41) is 0. The van der Waals surface area contributed by atoms with Crippen LogP contribution in [0.5, 0.6) is 5.75 Å². The Hall–Kier alpha value is -1.76. The van der Waals surface area contributed by atoms with Crippen molar-refractivity contribution in [3.63, 3.8) is 0 Å². The van der Waals surface area contributed by atoms with Gasteiger partial charge in [0.15, 0.2) is 0 Å². The van der Waals surface area contributed by atoms with Crippen LogP contribution in [0.3, 0.4) is 0 Å². The first kappa shape index (κ1) is 18.0. The minimum Gasteiger partial charge on any atom is -0.489 e. The van der Waals surface area contributed by atoms with E-state index in [1.54, 1.807) is 0 Å². The first-order valence-corrected chi connectivity index (χ1v) is 9.94. The molecule has 1 aliphatic heterocycles. The molecule has 4 nitrogen and oxygen atoms in total. The molecule has 3 rings (SSSR count). The zero-order valence-corrected chi connectivity index (χ0v) is 16.1. The summed E-state index contributed by atoms with van der Waals surface area (Å²) in [5.74, 6) is 0.857.